The molecule has 5 aromatic rings. The van der Waals surface area contributed by atoms with Crippen LogP contribution >= 0.6 is 0 Å². The second-order valence-corrected chi connectivity index (χ2v) is 8.26. The predicted octanol–water partition coefficient (Wildman–Crippen LogP) is 5.08. The summed E-state index contributed by atoms with van der Waals surface area (Å²) in [6.45, 7) is -0.211. The van der Waals surface area contributed by atoms with Crippen molar-refractivity contribution in [1.82, 2.24) is 0 Å². The highest BCUT2D eigenvalue weighted by atomic mass is 16.5. The normalized spacial score (nSPS) is 12.5. The number of hydrogen-bond acceptors (Lipinski definition) is 6. The molecule has 0 saturated carbocycles. The summed E-state index contributed by atoms with van der Waals surface area (Å²) in [5.41, 5.74) is 1.08. The van der Waals surface area contributed by atoms with Crippen LogP contribution in [0.2, 0.25) is 0 Å². The number of ether oxygens (including phenoxy) is 1. The molecule has 6 nitrogen and oxygen atoms in total. The van der Waals surface area contributed by atoms with E-state index in [1.807, 2.05) is 30.3 Å². The lowest BCUT2D eigenvalue weighted by Crippen LogP contribution is -2.24. The fraction of sp³-hybridized carbons (Fsp3) is 0.0345. The van der Waals surface area contributed by atoms with Crippen LogP contribution in [0.5, 0.6) is 0 Å². The molecule has 1 aliphatic rings. The van der Waals surface area contributed by atoms with E-state index in [-0.39, 0.29) is 34.6 Å². The Kier molecular flexibility index (Phi) is 4.67. The summed E-state index contributed by atoms with van der Waals surface area (Å²) in [6, 6.07) is 23.6. The molecule has 0 atom stereocenters. The van der Waals surface area contributed by atoms with Crippen molar-refractivity contribution in [3.8, 4) is 0 Å². The number of carbonyl (C=O) groups is 3. The summed E-state index contributed by atoms with van der Waals surface area (Å²) in [4.78, 5) is 51.5. The first-order valence-corrected chi connectivity index (χ1v) is 11.0. The van der Waals surface area contributed by atoms with Gasteiger partial charge >= 0.3 is 11.6 Å². The summed E-state index contributed by atoms with van der Waals surface area (Å²) >= 11 is 0. The zero-order valence-corrected chi connectivity index (χ0v) is 18.2. The molecule has 0 N–H and O–H groups in total. The lowest BCUT2D eigenvalue weighted by atomic mass is 9.82. The van der Waals surface area contributed by atoms with Crippen molar-refractivity contribution in [2.75, 3.05) is 0 Å². The number of carbonyl (C=O) groups excluding carboxylic acids is 3. The molecule has 0 unspecified atom stereocenters. The van der Waals surface area contributed by atoms with Gasteiger partial charge in [0.15, 0.2) is 11.6 Å². The van der Waals surface area contributed by atoms with Gasteiger partial charge in [-0.3, -0.25) is 9.59 Å². The highest BCUT2D eigenvalue weighted by molar-refractivity contribution is 6.30. The minimum Gasteiger partial charge on any atom is -0.457 e. The van der Waals surface area contributed by atoms with Crippen LogP contribution in [-0.4, -0.2) is 17.5 Å². The highest BCUT2D eigenvalue weighted by Gasteiger charge is 2.33. The van der Waals surface area contributed by atoms with E-state index < -0.39 is 17.4 Å². The van der Waals surface area contributed by atoms with Crippen LogP contribution < -0.4 is 5.63 Å². The lowest BCUT2D eigenvalue weighted by molar-refractivity contribution is 0.0471. The first-order valence-electron chi connectivity index (χ1n) is 11.0. The summed E-state index contributed by atoms with van der Waals surface area (Å²) in [6.07, 6.45) is 0. The van der Waals surface area contributed by atoms with Crippen LogP contribution in [0.1, 0.15) is 47.8 Å². The molecule has 1 heterocycles. The van der Waals surface area contributed by atoms with E-state index >= 15 is 0 Å². The second-order valence-electron chi connectivity index (χ2n) is 8.26. The summed E-state index contributed by atoms with van der Waals surface area (Å²) in [5, 5.41) is 2.47. The van der Waals surface area contributed by atoms with E-state index in [1.54, 1.807) is 36.4 Å². The Bertz CT molecular complexity index is 1780. The Morgan fingerprint density at radius 3 is 2.29 bits per heavy atom. The molecular weight excluding hydrogens is 444 g/mol. The first-order chi connectivity index (χ1) is 17.0. The summed E-state index contributed by atoms with van der Waals surface area (Å²) in [5.74, 6) is -1.48. The van der Waals surface area contributed by atoms with Gasteiger partial charge in [0.1, 0.15) is 12.2 Å². The van der Waals surface area contributed by atoms with Crippen molar-refractivity contribution in [2.45, 2.75) is 6.61 Å². The third-order valence-electron chi connectivity index (χ3n) is 6.25. The van der Waals surface area contributed by atoms with Crippen molar-refractivity contribution in [3.05, 3.63) is 129 Å². The molecule has 1 aliphatic carbocycles. The van der Waals surface area contributed by atoms with Crippen molar-refractivity contribution in [1.29, 1.82) is 0 Å². The van der Waals surface area contributed by atoms with Crippen LogP contribution in [0.25, 0.3) is 21.7 Å². The van der Waals surface area contributed by atoms with Gasteiger partial charge in [0.25, 0.3) is 0 Å². The molecule has 4 aromatic carbocycles. The average molecular weight is 460 g/mol. The zero-order valence-electron chi connectivity index (χ0n) is 18.2. The van der Waals surface area contributed by atoms with Gasteiger partial charge in [0.05, 0.1) is 5.56 Å². The van der Waals surface area contributed by atoms with E-state index in [9.17, 15) is 19.2 Å². The number of rotatable bonds is 3. The molecule has 168 valence electrons. The lowest BCUT2D eigenvalue weighted by Gasteiger charge is -2.19. The number of fused-ring (bicyclic) bond motifs is 5. The first kappa shape index (κ1) is 20.7. The van der Waals surface area contributed by atoms with Crippen molar-refractivity contribution < 1.29 is 23.5 Å². The van der Waals surface area contributed by atoms with Crippen molar-refractivity contribution >= 4 is 39.3 Å². The van der Waals surface area contributed by atoms with Gasteiger partial charge in [-0.05, 0) is 22.9 Å². The van der Waals surface area contributed by atoms with Crippen LogP contribution in [0.15, 0.2) is 94.1 Å². The fourth-order valence-corrected chi connectivity index (χ4v) is 4.67. The molecular formula is C29H16O6. The topological polar surface area (TPSA) is 90.7 Å². The second kappa shape index (κ2) is 7.88. The smallest absolute Gasteiger partial charge is 0.339 e. The van der Waals surface area contributed by atoms with Gasteiger partial charge in [0.2, 0.25) is 0 Å². The Labute approximate surface area is 198 Å². The van der Waals surface area contributed by atoms with E-state index in [0.717, 1.165) is 10.8 Å². The van der Waals surface area contributed by atoms with Gasteiger partial charge in [0, 0.05) is 39.3 Å². The molecule has 6 rings (SSSR count). The molecule has 0 fully saturated rings. The molecule has 0 saturated heterocycles. The SMILES string of the molecule is O=C(OCc1cc(=O)oc2ccc3ccccc3c12)c1cccc2c1C(=O)c1ccccc1C2=O. The molecule has 35 heavy (non-hydrogen) atoms. The van der Waals surface area contributed by atoms with Gasteiger partial charge in [-0.2, -0.15) is 0 Å². The minimum absolute atomic E-state index is 0.00693. The summed E-state index contributed by atoms with van der Waals surface area (Å²) < 4.78 is 10.9. The van der Waals surface area contributed by atoms with Gasteiger partial charge in [-0.15, -0.1) is 0 Å². The van der Waals surface area contributed by atoms with Crippen LogP contribution in [0, 0.1) is 0 Å². The van der Waals surface area contributed by atoms with Crippen LogP contribution in [0.4, 0.5) is 0 Å². The van der Waals surface area contributed by atoms with Crippen molar-refractivity contribution in [3.63, 3.8) is 0 Å². The van der Waals surface area contributed by atoms with Crippen LogP contribution in [-0.2, 0) is 11.3 Å². The molecule has 0 radical (unpaired) electrons. The van der Waals surface area contributed by atoms with E-state index in [0.29, 0.717) is 22.1 Å². The maximum Gasteiger partial charge on any atom is 0.339 e. The third kappa shape index (κ3) is 3.27. The monoisotopic (exact) mass is 460 g/mol. The van der Waals surface area contributed by atoms with Gasteiger partial charge in [-0.1, -0.05) is 66.7 Å². The quantitative estimate of drug-likeness (QED) is 0.208. The molecule has 6 heteroatoms. The average Bonchev–Trinajstić information content (AvgIpc) is 2.89. The van der Waals surface area contributed by atoms with Crippen molar-refractivity contribution in [2.24, 2.45) is 0 Å². The van der Waals surface area contributed by atoms with Gasteiger partial charge < -0.3 is 9.15 Å². The third-order valence-corrected chi connectivity index (χ3v) is 6.25. The zero-order chi connectivity index (χ0) is 24.1. The van der Waals surface area contributed by atoms with E-state index in [1.165, 1.54) is 18.2 Å². The Hall–Kier alpha value is -4.84. The minimum atomic E-state index is -0.760. The maximum atomic E-state index is 13.2. The molecule has 0 spiro atoms. The Morgan fingerprint density at radius 1 is 0.743 bits per heavy atom. The highest BCUT2D eigenvalue weighted by Crippen LogP contribution is 2.31. The summed E-state index contributed by atoms with van der Waals surface area (Å²) in [7, 11) is 0. The van der Waals surface area contributed by atoms with Gasteiger partial charge in [-0.25, -0.2) is 9.59 Å². The Balaban J connectivity index is 1.40. The predicted molar refractivity (Wildman–Crippen MR) is 129 cm³/mol. The Morgan fingerprint density at radius 2 is 1.46 bits per heavy atom. The maximum absolute atomic E-state index is 13.2. The molecule has 1 aromatic heterocycles. The number of hydrogen-bond donors (Lipinski definition) is 0. The number of ketones is 2. The van der Waals surface area contributed by atoms with E-state index in [4.69, 9.17) is 9.15 Å². The fourth-order valence-electron chi connectivity index (χ4n) is 4.67. The van der Waals surface area contributed by atoms with Crippen LogP contribution in [0.3, 0.4) is 0 Å². The number of esters is 1. The largest absolute Gasteiger partial charge is 0.457 e. The standard InChI is InChI=1S/C29H16O6/c30-24-14-17(25-18-7-2-1-6-16(18)12-13-23(25)35-24)15-34-29(33)22-11-5-10-21-26(22)28(32)20-9-4-3-8-19(20)27(21)31/h1-14H,15H2. The molecule has 0 aliphatic heterocycles. The molecule has 0 amide bonds. The molecule has 0 bridgehead atoms. The number of benzene rings is 4. The van der Waals surface area contributed by atoms with E-state index in [2.05, 4.69) is 0 Å².